The molecule has 2 N–H and O–H groups in total. The van der Waals surface area contributed by atoms with Crippen LogP contribution in [0.1, 0.15) is 31.2 Å². The molecule has 7 nitrogen and oxygen atoms in total. The van der Waals surface area contributed by atoms with Crippen molar-refractivity contribution < 1.29 is 18.8 Å². The summed E-state index contributed by atoms with van der Waals surface area (Å²) in [6.45, 7) is 0.534. The Labute approximate surface area is 168 Å². The molecular weight excluding hydrogens is 370 g/mol. The molecule has 2 aromatic carbocycles. The quantitative estimate of drug-likeness (QED) is 0.667. The summed E-state index contributed by atoms with van der Waals surface area (Å²) in [4.78, 5) is 38.0. The molecule has 0 atom stereocenters. The molecule has 29 heavy (non-hydrogen) atoms. The fraction of sp³-hybridized carbons (Fsp3) is 0.318. The van der Waals surface area contributed by atoms with Gasteiger partial charge in [0.15, 0.2) is 0 Å². The van der Waals surface area contributed by atoms with Crippen molar-refractivity contribution in [1.29, 1.82) is 0 Å². The van der Waals surface area contributed by atoms with Gasteiger partial charge in [0.1, 0.15) is 12.1 Å². The van der Waals surface area contributed by atoms with Gasteiger partial charge in [-0.1, -0.05) is 36.8 Å². The van der Waals surface area contributed by atoms with Crippen LogP contribution in [0.2, 0.25) is 0 Å². The van der Waals surface area contributed by atoms with E-state index in [4.69, 9.17) is 4.42 Å². The number of rotatable bonds is 4. The number of carbonyl (C=O) groups excluding carboxylic acids is 3. The van der Waals surface area contributed by atoms with Gasteiger partial charge >= 0.3 is 0 Å². The molecule has 0 radical (unpaired) electrons. The highest BCUT2D eigenvalue weighted by Gasteiger charge is 2.19. The summed E-state index contributed by atoms with van der Waals surface area (Å²) in [6, 6.07) is 11.8. The van der Waals surface area contributed by atoms with Crippen molar-refractivity contribution in [3.05, 3.63) is 48.2 Å². The van der Waals surface area contributed by atoms with E-state index in [9.17, 15) is 14.4 Å². The van der Waals surface area contributed by atoms with Crippen LogP contribution in [0.15, 0.2) is 47.1 Å². The Hall–Kier alpha value is -3.35. The Balaban J connectivity index is 1.38. The molecule has 1 fully saturated rings. The van der Waals surface area contributed by atoms with E-state index >= 15 is 0 Å². The Morgan fingerprint density at radius 1 is 1.00 bits per heavy atom. The summed E-state index contributed by atoms with van der Waals surface area (Å²) in [5, 5.41) is 2.99. The predicted octanol–water partition coefficient (Wildman–Crippen LogP) is 2.68. The summed E-state index contributed by atoms with van der Waals surface area (Å²) in [6.07, 6.45) is 4.88. The third-order valence-corrected chi connectivity index (χ3v) is 5.24. The van der Waals surface area contributed by atoms with Gasteiger partial charge in [0.2, 0.25) is 11.8 Å². The topological polar surface area (TPSA) is 91.7 Å². The standard InChI is InChI=1S/C22H23N3O4/c26-19(23-24-20(27)13-25-11-5-1-2-8-21(25)28)12-16-14-29-18-10-9-15-6-3-4-7-17(15)22(16)18/h3-4,6-7,9-10,14H,1-2,5,8,11-13H2,(H,23,26)(H,24,27). The Bertz CT molecular complexity index is 1070. The van der Waals surface area contributed by atoms with Crippen LogP contribution in [0.3, 0.4) is 0 Å². The van der Waals surface area contributed by atoms with Crippen molar-refractivity contribution in [3.63, 3.8) is 0 Å². The summed E-state index contributed by atoms with van der Waals surface area (Å²) in [5.41, 5.74) is 6.31. The molecule has 7 heteroatoms. The summed E-state index contributed by atoms with van der Waals surface area (Å²) >= 11 is 0. The molecule has 0 saturated carbocycles. The Morgan fingerprint density at radius 3 is 2.72 bits per heavy atom. The van der Waals surface area contributed by atoms with Crippen molar-refractivity contribution >= 4 is 39.5 Å². The molecule has 0 aliphatic carbocycles. The summed E-state index contributed by atoms with van der Waals surface area (Å²) in [5.74, 6) is -0.770. The van der Waals surface area contributed by atoms with Gasteiger partial charge in [-0.25, -0.2) is 0 Å². The monoisotopic (exact) mass is 393 g/mol. The maximum Gasteiger partial charge on any atom is 0.257 e. The van der Waals surface area contributed by atoms with Crippen molar-refractivity contribution in [2.45, 2.75) is 32.1 Å². The first-order valence-corrected chi connectivity index (χ1v) is 9.85. The third kappa shape index (κ3) is 4.23. The molecule has 0 unspecified atom stereocenters. The molecule has 4 rings (SSSR count). The average Bonchev–Trinajstić information content (AvgIpc) is 3.03. The third-order valence-electron chi connectivity index (χ3n) is 5.24. The zero-order valence-electron chi connectivity index (χ0n) is 16.1. The minimum atomic E-state index is -0.406. The largest absolute Gasteiger partial charge is 0.464 e. The Kier molecular flexibility index (Phi) is 5.46. The van der Waals surface area contributed by atoms with Crippen LogP contribution in [0.4, 0.5) is 0 Å². The van der Waals surface area contributed by atoms with Crippen LogP contribution >= 0.6 is 0 Å². The number of hydrogen-bond acceptors (Lipinski definition) is 4. The van der Waals surface area contributed by atoms with E-state index < -0.39 is 5.91 Å². The van der Waals surface area contributed by atoms with Crippen molar-refractivity contribution in [3.8, 4) is 0 Å². The first-order valence-electron chi connectivity index (χ1n) is 9.85. The predicted molar refractivity (Wildman–Crippen MR) is 109 cm³/mol. The molecule has 2 heterocycles. The van der Waals surface area contributed by atoms with Crippen LogP contribution in [0.25, 0.3) is 21.7 Å². The lowest BCUT2D eigenvalue weighted by Gasteiger charge is -2.19. The second kappa shape index (κ2) is 8.34. The van der Waals surface area contributed by atoms with Gasteiger partial charge in [-0.3, -0.25) is 25.2 Å². The van der Waals surface area contributed by atoms with E-state index in [1.54, 1.807) is 11.2 Å². The number of benzene rings is 2. The number of nitrogens with zero attached hydrogens (tertiary/aromatic N) is 1. The van der Waals surface area contributed by atoms with Gasteiger partial charge in [-0.2, -0.15) is 0 Å². The average molecular weight is 393 g/mol. The van der Waals surface area contributed by atoms with Crippen molar-refractivity contribution in [2.75, 3.05) is 13.1 Å². The van der Waals surface area contributed by atoms with Gasteiger partial charge in [0.05, 0.1) is 12.7 Å². The first kappa shape index (κ1) is 19.0. The van der Waals surface area contributed by atoms with E-state index in [-0.39, 0.29) is 24.8 Å². The molecule has 0 spiro atoms. The second-order valence-corrected chi connectivity index (χ2v) is 7.32. The van der Waals surface area contributed by atoms with E-state index in [1.165, 1.54) is 0 Å². The molecule has 1 aliphatic heterocycles. The van der Waals surface area contributed by atoms with Gasteiger partial charge in [0, 0.05) is 23.9 Å². The van der Waals surface area contributed by atoms with Crippen LogP contribution in [-0.2, 0) is 20.8 Å². The maximum atomic E-state index is 12.4. The number of likely N-dealkylation sites (tertiary alicyclic amines) is 1. The molecule has 1 aliphatic rings. The normalized spacial score (nSPS) is 14.8. The van der Waals surface area contributed by atoms with Crippen LogP contribution < -0.4 is 10.9 Å². The van der Waals surface area contributed by atoms with Crippen molar-refractivity contribution in [2.24, 2.45) is 0 Å². The second-order valence-electron chi connectivity index (χ2n) is 7.32. The van der Waals surface area contributed by atoms with E-state index in [0.29, 0.717) is 13.0 Å². The highest BCUT2D eigenvalue weighted by atomic mass is 16.3. The zero-order chi connectivity index (χ0) is 20.2. The van der Waals surface area contributed by atoms with Gasteiger partial charge in [-0.05, 0) is 29.7 Å². The number of carbonyl (C=O) groups is 3. The fourth-order valence-corrected chi connectivity index (χ4v) is 3.78. The summed E-state index contributed by atoms with van der Waals surface area (Å²) < 4.78 is 5.60. The molecule has 3 amide bonds. The lowest BCUT2D eigenvalue weighted by atomic mass is 10.0. The molecule has 3 aromatic rings. The number of hydrogen-bond donors (Lipinski definition) is 2. The van der Waals surface area contributed by atoms with E-state index in [2.05, 4.69) is 10.9 Å². The number of nitrogens with one attached hydrogen (secondary N) is 2. The van der Waals surface area contributed by atoms with Crippen LogP contribution in [0.5, 0.6) is 0 Å². The van der Waals surface area contributed by atoms with E-state index in [1.807, 2.05) is 36.4 Å². The minimum Gasteiger partial charge on any atom is -0.464 e. The maximum absolute atomic E-state index is 12.4. The highest BCUT2D eigenvalue weighted by molar-refractivity contribution is 6.08. The van der Waals surface area contributed by atoms with Crippen LogP contribution in [0, 0.1) is 0 Å². The highest BCUT2D eigenvalue weighted by Crippen LogP contribution is 2.30. The molecular formula is C22H23N3O4. The SMILES string of the molecule is O=C(Cc1coc2ccc3ccccc3c12)NNC(=O)CN1CCCCCC1=O. The fourth-order valence-electron chi connectivity index (χ4n) is 3.78. The lowest BCUT2D eigenvalue weighted by Crippen LogP contribution is -2.48. The summed E-state index contributed by atoms with van der Waals surface area (Å²) in [7, 11) is 0. The number of amides is 3. The smallest absolute Gasteiger partial charge is 0.257 e. The van der Waals surface area contributed by atoms with Gasteiger partial charge in [-0.15, -0.1) is 0 Å². The number of hydrazine groups is 1. The van der Waals surface area contributed by atoms with Gasteiger partial charge < -0.3 is 9.32 Å². The molecule has 1 saturated heterocycles. The zero-order valence-corrected chi connectivity index (χ0v) is 16.1. The van der Waals surface area contributed by atoms with Crippen molar-refractivity contribution in [1.82, 2.24) is 15.8 Å². The minimum absolute atomic E-state index is 0.0132. The first-order chi connectivity index (χ1) is 14.1. The molecule has 0 bridgehead atoms. The van der Waals surface area contributed by atoms with Crippen LogP contribution in [-0.4, -0.2) is 35.7 Å². The Morgan fingerprint density at radius 2 is 1.83 bits per heavy atom. The van der Waals surface area contributed by atoms with Gasteiger partial charge in [0.25, 0.3) is 5.91 Å². The number of furan rings is 1. The lowest BCUT2D eigenvalue weighted by molar-refractivity contribution is -0.136. The van der Waals surface area contributed by atoms with E-state index in [0.717, 1.165) is 46.6 Å². The number of fused-ring (bicyclic) bond motifs is 3. The molecule has 150 valence electrons. The molecule has 1 aromatic heterocycles.